The van der Waals surface area contributed by atoms with Gasteiger partial charge in [-0.25, -0.2) is 0 Å². The van der Waals surface area contributed by atoms with Crippen molar-refractivity contribution < 1.29 is 24.1 Å². The second-order valence-electron chi connectivity index (χ2n) is 10.0. The molecular formula is C22H34O5. The van der Waals surface area contributed by atoms with Crippen molar-refractivity contribution in [1.82, 2.24) is 0 Å². The van der Waals surface area contributed by atoms with E-state index < -0.39 is 17.8 Å². The van der Waals surface area contributed by atoms with Gasteiger partial charge in [0.15, 0.2) is 5.79 Å². The van der Waals surface area contributed by atoms with Crippen LogP contribution < -0.4 is 0 Å². The molecule has 0 aromatic rings. The van der Waals surface area contributed by atoms with Gasteiger partial charge in [0.25, 0.3) is 0 Å². The fourth-order valence-electron chi connectivity index (χ4n) is 7.15. The molecule has 152 valence electrons. The van der Waals surface area contributed by atoms with Crippen molar-refractivity contribution in [3.8, 4) is 0 Å². The van der Waals surface area contributed by atoms with Gasteiger partial charge in [-0.15, -0.1) is 0 Å². The second-order valence-corrected chi connectivity index (χ2v) is 10.0. The minimum absolute atomic E-state index is 0.0148. The summed E-state index contributed by atoms with van der Waals surface area (Å²) in [5.74, 6) is -0.832. The lowest BCUT2D eigenvalue weighted by molar-refractivity contribution is -0.286. The first kappa shape index (κ1) is 19.4. The maximum absolute atomic E-state index is 12.2. The van der Waals surface area contributed by atoms with Gasteiger partial charge in [-0.2, -0.15) is 0 Å². The van der Waals surface area contributed by atoms with Crippen LogP contribution in [0, 0.1) is 28.1 Å². The molecule has 3 aliphatic carbocycles. The van der Waals surface area contributed by atoms with Gasteiger partial charge in [0, 0.05) is 17.3 Å². The van der Waals surface area contributed by atoms with Crippen molar-refractivity contribution in [3.05, 3.63) is 11.6 Å². The van der Waals surface area contributed by atoms with Crippen LogP contribution in [0.3, 0.4) is 0 Å². The maximum atomic E-state index is 12.2. The second kappa shape index (κ2) is 6.04. The summed E-state index contributed by atoms with van der Waals surface area (Å²) in [6.07, 6.45) is 5.82. The van der Waals surface area contributed by atoms with Crippen LogP contribution in [0.4, 0.5) is 0 Å². The number of aliphatic hydroxyl groups excluding tert-OH is 1. The van der Waals surface area contributed by atoms with Crippen LogP contribution in [0.15, 0.2) is 11.6 Å². The molecule has 1 aliphatic heterocycles. The maximum Gasteiger partial charge on any atom is 0.311 e. The summed E-state index contributed by atoms with van der Waals surface area (Å²) in [5, 5.41) is 11.2. The number of methoxy groups -OCH3 is 1. The van der Waals surface area contributed by atoms with E-state index in [1.54, 1.807) is 0 Å². The Hall–Kier alpha value is -0.910. The monoisotopic (exact) mass is 378 g/mol. The molecule has 4 rings (SSSR count). The number of fused-ring (bicyclic) bond motifs is 3. The summed E-state index contributed by atoms with van der Waals surface area (Å²) in [4.78, 5) is 12.2. The molecule has 1 saturated heterocycles. The number of aliphatic hydroxyl groups is 1. The van der Waals surface area contributed by atoms with Gasteiger partial charge in [-0.05, 0) is 37.0 Å². The molecular weight excluding hydrogens is 344 g/mol. The molecule has 4 aliphatic rings. The number of esters is 1. The molecule has 0 bridgehead atoms. The number of rotatable bonds is 1. The first-order valence-corrected chi connectivity index (χ1v) is 10.4. The predicted molar refractivity (Wildman–Crippen MR) is 101 cm³/mol. The van der Waals surface area contributed by atoms with Crippen molar-refractivity contribution in [2.75, 3.05) is 20.3 Å². The zero-order valence-corrected chi connectivity index (χ0v) is 17.3. The molecule has 5 heteroatoms. The number of carbonyl (C=O) groups is 1. The Morgan fingerprint density at radius 2 is 1.78 bits per heavy atom. The van der Waals surface area contributed by atoms with Gasteiger partial charge in [0.05, 0.1) is 32.3 Å². The molecule has 0 radical (unpaired) electrons. The lowest BCUT2D eigenvalue weighted by Gasteiger charge is -2.65. The van der Waals surface area contributed by atoms with E-state index in [-0.39, 0.29) is 22.2 Å². The molecule has 5 nitrogen and oxygen atoms in total. The van der Waals surface area contributed by atoms with E-state index in [1.807, 2.05) is 0 Å². The van der Waals surface area contributed by atoms with Crippen molar-refractivity contribution in [2.45, 2.75) is 71.7 Å². The van der Waals surface area contributed by atoms with E-state index in [4.69, 9.17) is 14.2 Å². The minimum Gasteiger partial charge on any atom is -0.469 e. The van der Waals surface area contributed by atoms with Crippen LogP contribution in [0.2, 0.25) is 0 Å². The van der Waals surface area contributed by atoms with Gasteiger partial charge < -0.3 is 19.3 Å². The zero-order chi connectivity index (χ0) is 19.7. The molecule has 2 saturated carbocycles. The number of hydrogen-bond acceptors (Lipinski definition) is 5. The average Bonchev–Trinajstić information content (AvgIpc) is 3.11. The highest BCUT2D eigenvalue weighted by molar-refractivity contribution is 5.74. The minimum atomic E-state index is -0.694. The number of carbonyl (C=O) groups excluding carboxylic acids is 1. The summed E-state index contributed by atoms with van der Waals surface area (Å²) >= 11 is 0. The molecule has 5 atom stereocenters. The molecule has 27 heavy (non-hydrogen) atoms. The highest BCUT2D eigenvalue weighted by atomic mass is 16.7. The Morgan fingerprint density at radius 3 is 2.41 bits per heavy atom. The normalized spacial score (nSPS) is 45.0. The van der Waals surface area contributed by atoms with E-state index in [9.17, 15) is 9.90 Å². The van der Waals surface area contributed by atoms with Crippen LogP contribution in [-0.2, 0) is 19.0 Å². The third-order valence-electron chi connectivity index (χ3n) is 8.65. The predicted octanol–water partition coefficient (Wildman–Crippen LogP) is 3.45. The Kier molecular flexibility index (Phi) is 4.34. The van der Waals surface area contributed by atoms with E-state index in [1.165, 1.54) is 12.7 Å². The van der Waals surface area contributed by atoms with E-state index in [0.717, 1.165) is 25.7 Å². The van der Waals surface area contributed by atoms with Crippen LogP contribution in [0.5, 0.6) is 0 Å². The fraction of sp³-hybridized carbons (Fsp3) is 0.864. The van der Waals surface area contributed by atoms with Gasteiger partial charge in [0.1, 0.15) is 0 Å². The van der Waals surface area contributed by atoms with E-state index in [0.29, 0.717) is 25.6 Å². The summed E-state index contributed by atoms with van der Waals surface area (Å²) in [7, 11) is 1.40. The number of hydrogen-bond donors (Lipinski definition) is 1. The van der Waals surface area contributed by atoms with Crippen LogP contribution >= 0.6 is 0 Å². The van der Waals surface area contributed by atoms with E-state index in [2.05, 4.69) is 33.8 Å². The van der Waals surface area contributed by atoms with Gasteiger partial charge in [0.2, 0.25) is 0 Å². The molecule has 1 N–H and O–H groups in total. The van der Waals surface area contributed by atoms with Crippen molar-refractivity contribution in [3.63, 3.8) is 0 Å². The largest absolute Gasteiger partial charge is 0.469 e. The Morgan fingerprint density at radius 1 is 1.11 bits per heavy atom. The zero-order valence-electron chi connectivity index (χ0n) is 17.3. The third-order valence-corrected chi connectivity index (χ3v) is 8.65. The first-order chi connectivity index (χ1) is 12.6. The fourth-order valence-corrected chi connectivity index (χ4v) is 7.15. The molecule has 1 spiro atoms. The first-order valence-electron chi connectivity index (χ1n) is 10.4. The van der Waals surface area contributed by atoms with Crippen molar-refractivity contribution >= 4 is 5.97 Å². The molecule has 0 amide bonds. The quantitative estimate of drug-likeness (QED) is 0.559. The molecule has 2 unspecified atom stereocenters. The Labute approximate surface area is 162 Å². The number of ether oxygens (including phenoxy) is 3. The van der Waals surface area contributed by atoms with Crippen molar-refractivity contribution in [1.29, 1.82) is 0 Å². The van der Waals surface area contributed by atoms with Crippen molar-refractivity contribution in [2.24, 2.45) is 28.1 Å². The summed E-state index contributed by atoms with van der Waals surface area (Å²) < 4.78 is 17.3. The average molecular weight is 379 g/mol. The lowest BCUT2D eigenvalue weighted by Crippen LogP contribution is -2.63. The molecule has 3 fully saturated rings. The Bertz CT molecular complexity index is 662. The smallest absolute Gasteiger partial charge is 0.311 e. The highest BCUT2D eigenvalue weighted by Gasteiger charge is 2.67. The third kappa shape index (κ3) is 2.37. The molecule has 1 heterocycles. The highest BCUT2D eigenvalue weighted by Crippen LogP contribution is 2.69. The standard InChI is InChI=1S/C22H34O5/c1-19(2)15-8-9-21(4)16(7-6-14(17(21)23)18(24)25-5)20(15,3)10-11-22(19)26-12-13-27-22/h7,14-15,17,23H,6,8-13H2,1-5H3/t14-,15-,17+,20?,21?/m0/s1. The van der Waals surface area contributed by atoms with E-state index >= 15 is 0 Å². The molecule has 0 aromatic heterocycles. The van der Waals surface area contributed by atoms with Crippen LogP contribution in [0.25, 0.3) is 0 Å². The topological polar surface area (TPSA) is 65.0 Å². The summed E-state index contributed by atoms with van der Waals surface area (Å²) in [5.41, 5.74) is 0.835. The van der Waals surface area contributed by atoms with Crippen LogP contribution in [-0.4, -0.2) is 43.3 Å². The summed E-state index contributed by atoms with van der Waals surface area (Å²) in [6, 6.07) is 0. The lowest BCUT2D eigenvalue weighted by atomic mass is 9.42. The molecule has 0 aromatic carbocycles. The van der Waals surface area contributed by atoms with Gasteiger partial charge in [-0.3, -0.25) is 4.79 Å². The summed E-state index contributed by atoms with van der Waals surface area (Å²) in [6.45, 7) is 10.4. The van der Waals surface area contributed by atoms with Gasteiger partial charge in [-0.1, -0.05) is 39.3 Å². The van der Waals surface area contributed by atoms with Crippen LogP contribution in [0.1, 0.15) is 59.8 Å². The Balaban J connectivity index is 1.73. The SMILES string of the molecule is COC(=O)[C@H]1CC=C2C(C)(CC[C@@H]3C2(C)CCC2(OCCO2)C3(C)C)[C@@H]1O. The number of allylic oxidation sites excluding steroid dienone is 1. The van der Waals surface area contributed by atoms with Gasteiger partial charge >= 0.3 is 5.97 Å².